The number of nitrogens with zero attached hydrogens (tertiary/aromatic N) is 5. The molecule has 0 spiro atoms. The Morgan fingerprint density at radius 2 is 1.81 bits per heavy atom. The third-order valence-electron chi connectivity index (χ3n) is 8.75. The molecule has 9 heteroatoms. The number of nitrogens with one attached hydrogen (secondary N) is 2. The number of aliphatic imine (C=N–C) groups is 2. The number of carbonyl (C=O) groups excluding carboxylic acids is 1. The van der Waals surface area contributed by atoms with Crippen LogP contribution in [0.15, 0.2) is 107 Å². The van der Waals surface area contributed by atoms with E-state index in [1.165, 1.54) is 0 Å². The number of H-pyrrole nitrogens is 1. The number of ether oxygens (including phenoxy) is 1. The van der Waals surface area contributed by atoms with Gasteiger partial charge < -0.3 is 15.0 Å². The minimum atomic E-state index is -0.997. The van der Waals surface area contributed by atoms with E-state index in [9.17, 15) is 4.79 Å². The van der Waals surface area contributed by atoms with E-state index in [1.54, 1.807) is 6.20 Å². The second-order valence-electron chi connectivity index (χ2n) is 11.9. The van der Waals surface area contributed by atoms with Gasteiger partial charge in [0.25, 0.3) is 0 Å². The normalized spacial score (nSPS) is 27.3. The second kappa shape index (κ2) is 8.80. The van der Waals surface area contributed by atoms with Gasteiger partial charge in [0, 0.05) is 52.0 Å². The lowest BCUT2D eigenvalue weighted by Gasteiger charge is -2.40. The Balaban J connectivity index is 1.36. The molecular formula is C33H29N7O2. The van der Waals surface area contributed by atoms with Crippen LogP contribution in [-0.4, -0.2) is 55.7 Å². The Morgan fingerprint density at radius 3 is 2.57 bits per heavy atom. The highest BCUT2D eigenvalue weighted by Crippen LogP contribution is 2.47. The molecule has 0 amide bonds. The molecule has 3 aromatic rings. The summed E-state index contributed by atoms with van der Waals surface area (Å²) in [6.07, 6.45) is 23.4. The van der Waals surface area contributed by atoms with Crippen LogP contribution in [0.1, 0.15) is 13.8 Å². The molecule has 208 valence electrons. The molecule has 2 N–H and O–H groups in total. The first-order chi connectivity index (χ1) is 20.3. The summed E-state index contributed by atoms with van der Waals surface area (Å²) in [5, 5.41) is 10.3. The SMILES string of the molecule is CC1(C)C(=O)C2(C3COC3)C=C3C=CC(=N3)C=c3ccc([nH]3)=CC3=NC(n4cc(-c5cccnc5)cn4)(C=C3)C=C1N2. The Hall–Kier alpha value is -4.89. The molecule has 3 aromatic heterocycles. The van der Waals surface area contributed by atoms with Crippen molar-refractivity contribution in [3.05, 3.63) is 108 Å². The summed E-state index contributed by atoms with van der Waals surface area (Å²) in [6.45, 7) is 4.95. The number of pyridine rings is 1. The van der Waals surface area contributed by atoms with Crippen LogP contribution in [0.25, 0.3) is 23.3 Å². The molecule has 0 aromatic carbocycles. The minimum Gasteiger partial charge on any atom is -0.380 e. The van der Waals surface area contributed by atoms with Gasteiger partial charge in [-0.25, -0.2) is 14.7 Å². The van der Waals surface area contributed by atoms with Crippen molar-refractivity contribution in [1.29, 1.82) is 0 Å². The number of hydrogen-bond donors (Lipinski definition) is 2. The van der Waals surface area contributed by atoms with Crippen molar-refractivity contribution in [3.63, 3.8) is 0 Å². The van der Waals surface area contributed by atoms with Gasteiger partial charge in [0.1, 0.15) is 5.54 Å². The van der Waals surface area contributed by atoms with E-state index in [0.29, 0.717) is 13.2 Å². The number of hydrogen-bond acceptors (Lipinski definition) is 7. The van der Waals surface area contributed by atoms with Crippen LogP contribution >= 0.6 is 0 Å². The summed E-state index contributed by atoms with van der Waals surface area (Å²) in [5.41, 5.74) is 2.25. The minimum absolute atomic E-state index is 0.0199. The van der Waals surface area contributed by atoms with Gasteiger partial charge in [-0.3, -0.25) is 9.78 Å². The van der Waals surface area contributed by atoms with Gasteiger partial charge in [-0.15, -0.1) is 0 Å². The van der Waals surface area contributed by atoms with Gasteiger partial charge in [-0.2, -0.15) is 5.10 Å². The molecule has 2 unspecified atom stereocenters. The van der Waals surface area contributed by atoms with Crippen molar-refractivity contribution in [2.75, 3.05) is 13.2 Å². The van der Waals surface area contributed by atoms with E-state index >= 15 is 0 Å². The Bertz CT molecular complexity index is 1950. The Kier molecular flexibility index (Phi) is 5.21. The quantitative estimate of drug-likeness (QED) is 0.517. The van der Waals surface area contributed by atoms with Gasteiger partial charge in [0.05, 0.1) is 41.9 Å². The first-order valence-corrected chi connectivity index (χ1v) is 14.1. The van der Waals surface area contributed by atoms with Gasteiger partial charge >= 0.3 is 0 Å². The number of aromatic nitrogens is 4. The van der Waals surface area contributed by atoms with Crippen LogP contribution in [0.3, 0.4) is 0 Å². The van der Waals surface area contributed by atoms with Crippen molar-refractivity contribution >= 4 is 29.4 Å². The zero-order valence-electron chi connectivity index (χ0n) is 23.3. The third-order valence-corrected chi connectivity index (χ3v) is 8.75. The highest BCUT2D eigenvalue weighted by atomic mass is 16.5. The molecule has 2 fully saturated rings. The average Bonchev–Trinajstić information content (AvgIpc) is 3.77. The van der Waals surface area contributed by atoms with Crippen molar-refractivity contribution in [3.8, 4) is 11.1 Å². The first kappa shape index (κ1) is 24.9. The van der Waals surface area contributed by atoms with E-state index in [-0.39, 0.29) is 11.7 Å². The molecule has 8 bridgehead atoms. The fraction of sp³-hybridized carbons (Fsp3) is 0.242. The molecule has 2 atom stereocenters. The van der Waals surface area contributed by atoms with Gasteiger partial charge in [-0.05, 0) is 80.7 Å². The number of carbonyl (C=O) groups is 1. The van der Waals surface area contributed by atoms with Crippen LogP contribution in [0, 0.1) is 11.3 Å². The van der Waals surface area contributed by atoms with Gasteiger partial charge in [0.2, 0.25) is 0 Å². The molecule has 8 rings (SSSR count). The van der Waals surface area contributed by atoms with E-state index < -0.39 is 16.6 Å². The second-order valence-corrected chi connectivity index (χ2v) is 11.9. The maximum Gasteiger partial charge on any atom is 0.192 e. The summed E-state index contributed by atoms with van der Waals surface area (Å²) in [4.78, 5) is 32.2. The number of allylic oxidation sites excluding steroid dienone is 4. The standard InChI is InChI=1S/C33H29N7O2/c1-31(2)29-15-32(40-18-22(17-35-40)21-4-3-11-34-16-21)10-9-27(38-32)13-26-6-5-24(36-26)12-25-7-8-28(37-25)14-33(39-29,30(31)41)23-19-42-20-23/h3-18,23,36,39H,19-20H2,1-2H3. The summed E-state index contributed by atoms with van der Waals surface area (Å²) >= 11 is 0. The Labute approximate surface area is 242 Å². The average molecular weight is 556 g/mol. The lowest BCUT2D eigenvalue weighted by Crippen LogP contribution is -2.58. The fourth-order valence-corrected chi connectivity index (χ4v) is 6.26. The van der Waals surface area contributed by atoms with E-state index in [2.05, 4.69) is 15.3 Å². The predicted molar refractivity (Wildman–Crippen MR) is 161 cm³/mol. The predicted octanol–water partition coefficient (Wildman–Crippen LogP) is 2.57. The molecule has 9 nitrogen and oxygen atoms in total. The highest BCUT2D eigenvalue weighted by Gasteiger charge is 2.59. The largest absolute Gasteiger partial charge is 0.380 e. The van der Waals surface area contributed by atoms with Crippen LogP contribution in [-0.2, 0) is 15.2 Å². The number of rotatable bonds is 3. The maximum atomic E-state index is 14.4. The number of fused-ring (bicyclic) bond motifs is 6. The van der Waals surface area contributed by atoms with Crippen molar-refractivity contribution < 1.29 is 9.53 Å². The summed E-state index contributed by atoms with van der Waals surface area (Å²) < 4.78 is 7.45. The molecule has 8 heterocycles. The van der Waals surface area contributed by atoms with Crippen molar-refractivity contribution in [2.45, 2.75) is 25.0 Å². The van der Waals surface area contributed by atoms with Gasteiger partial charge in [-0.1, -0.05) is 6.07 Å². The molecule has 42 heavy (non-hydrogen) atoms. The van der Waals surface area contributed by atoms with Crippen molar-refractivity contribution in [1.82, 2.24) is 25.1 Å². The summed E-state index contributed by atoms with van der Waals surface area (Å²) in [7, 11) is 0. The van der Waals surface area contributed by atoms with Crippen molar-refractivity contribution in [2.24, 2.45) is 21.3 Å². The fourth-order valence-electron chi connectivity index (χ4n) is 6.26. The molecule has 2 saturated heterocycles. The Morgan fingerprint density at radius 1 is 0.976 bits per heavy atom. The van der Waals surface area contributed by atoms with Crippen LogP contribution in [0.5, 0.6) is 0 Å². The molecule has 5 aliphatic heterocycles. The third kappa shape index (κ3) is 3.77. The van der Waals surface area contributed by atoms with E-state index in [4.69, 9.17) is 19.8 Å². The zero-order valence-corrected chi connectivity index (χ0v) is 23.3. The zero-order chi connectivity index (χ0) is 28.5. The molecule has 0 radical (unpaired) electrons. The molecular weight excluding hydrogens is 526 g/mol. The van der Waals surface area contributed by atoms with Crippen LogP contribution in [0.4, 0.5) is 0 Å². The summed E-state index contributed by atoms with van der Waals surface area (Å²) in [6, 6.07) is 7.96. The monoisotopic (exact) mass is 555 g/mol. The lowest BCUT2D eigenvalue weighted by atomic mass is 9.73. The van der Waals surface area contributed by atoms with E-state index in [1.807, 2.05) is 110 Å². The van der Waals surface area contributed by atoms with Crippen LogP contribution < -0.4 is 16.0 Å². The topological polar surface area (TPSA) is 110 Å². The molecule has 0 aliphatic carbocycles. The number of ketones is 1. The summed E-state index contributed by atoms with van der Waals surface area (Å²) in [5.74, 6) is 0.0684. The lowest BCUT2D eigenvalue weighted by molar-refractivity contribution is -0.136. The number of aromatic amines is 1. The van der Waals surface area contributed by atoms with Crippen LogP contribution in [0.2, 0.25) is 0 Å². The maximum absolute atomic E-state index is 14.4. The first-order valence-electron chi connectivity index (χ1n) is 14.1. The number of Topliss-reactive ketones (excluding diaryl/α,β-unsaturated/α-hetero) is 1. The van der Waals surface area contributed by atoms with E-state index in [0.717, 1.165) is 44.6 Å². The smallest absolute Gasteiger partial charge is 0.192 e. The van der Waals surface area contributed by atoms with Gasteiger partial charge in [0.15, 0.2) is 11.4 Å². The molecule has 5 aliphatic rings. The molecule has 0 saturated carbocycles. The highest BCUT2D eigenvalue weighted by molar-refractivity contribution is 6.20.